The summed E-state index contributed by atoms with van der Waals surface area (Å²) in [7, 11) is 0. The summed E-state index contributed by atoms with van der Waals surface area (Å²) in [5.74, 6) is 0.130. The van der Waals surface area contributed by atoms with E-state index >= 15 is 0 Å². The number of benzene rings is 1. The summed E-state index contributed by atoms with van der Waals surface area (Å²) in [6.07, 6.45) is 0. The normalized spacial score (nSPS) is 10.3. The number of hydrogen-bond donors (Lipinski definition) is 1. The molecule has 0 amide bonds. The number of nitrogens with zero attached hydrogens (tertiary/aromatic N) is 2. The number of anilines is 2. The number of halogens is 2. The highest BCUT2D eigenvalue weighted by Crippen LogP contribution is 2.16. The van der Waals surface area contributed by atoms with Crippen LogP contribution in [0.2, 0.25) is 0 Å². The Morgan fingerprint density at radius 1 is 1.40 bits per heavy atom. The molecule has 0 saturated carbocycles. The minimum atomic E-state index is -0.336. The Bertz CT molecular complexity index is 460. The van der Waals surface area contributed by atoms with E-state index in [9.17, 15) is 4.39 Å². The molecule has 0 aliphatic rings. The zero-order chi connectivity index (χ0) is 10.7. The molecule has 4 nitrogen and oxygen atoms in total. The summed E-state index contributed by atoms with van der Waals surface area (Å²) in [6, 6.07) is 6.13. The fourth-order valence-corrected chi connectivity index (χ4v) is 1.16. The fourth-order valence-electron chi connectivity index (χ4n) is 1.05. The molecule has 0 aliphatic heterocycles. The van der Waals surface area contributed by atoms with Crippen molar-refractivity contribution in [2.75, 3.05) is 5.32 Å². The van der Waals surface area contributed by atoms with Crippen molar-refractivity contribution in [1.29, 1.82) is 0 Å². The quantitative estimate of drug-likeness (QED) is 0.819. The Balaban J connectivity index is 2.14. The van der Waals surface area contributed by atoms with Gasteiger partial charge in [-0.15, -0.1) is 16.7 Å². The van der Waals surface area contributed by atoms with E-state index in [0.717, 1.165) is 0 Å². The Morgan fingerprint density at radius 2 is 2.27 bits per heavy atom. The third kappa shape index (κ3) is 2.44. The number of hydrogen-bond acceptors (Lipinski definition) is 4. The van der Waals surface area contributed by atoms with Gasteiger partial charge in [0.2, 0.25) is 5.89 Å². The van der Waals surface area contributed by atoms with E-state index in [4.69, 9.17) is 16.0 Å². The largest absolute Gasteiger partial charge is 0.407 e. The van der Waals surface area contributed by atoms with Crippen molar-refractivity contribution in [2.45, 2.75) is 5.88 Å². The van der Waals surface area contributed by atoms with Gasteiger partial charge in [0, 0.05) is 5.69 Å². The van der Waals surface area contributed by atoms with Gasteiger partial charge in [-0.2, -0.15) is 0 Å². The molecule has 0 spiro atoms. The second kappa shape index (κ2) is 4.27. The summed E-state index contributed by atoms with van der Waals surface area (Å²) in [4.78, 5) is 0. The van der Waals surface area contributed by atoms with Crippen LogP contribution in [0.4, 0.5) is 16.1 Å². The molecule has 1 aromatic carbocycles. The first kappa shape index (κ1) is 9.92. The average Bonchev–Trinajstić information content (AvgIpc) is 2.65. The van der Waals surface area contributed by atoms with Crippen molar-refractivity contribution in [3.63, 3.8) is 0 Å². The molecule has 6 heteroatoms. The van der Waals surface area contributed by atoms with Gasteiger partial charge in [-0.1, -0.05) is 11.2 Å². The van der Waals surface area contributed by atoms with Crippen LogP contribution in [0.15, 0.2) is 28.7 Å². The van der Waals surface area contributed by atoms with Crippen molar-refractivity contribution in [2.24, 2.45) is 0 Å². The molecule has 0 atom stereocenters. The Kier molecular flexibility index (Phi) is 2.82. The summed E-state index contributed by atoms with van der Waals surface area (Å²) < 4.78 is 17.9. The minimum absolute atomic E-state index is 0.151. The molecule has 0 fully saturated rings. The molecule has 15 heavy (non-hydrogen) atoms. The summed E-state index contributed by atoms with van der Waals surface area (Å²) in [6.45, 7) is 0. The first-order valence-electron chi connectivity index (χ1n) is 4.19. The van der Waals surface area contributed by atoms with Crippen LogP contribution in [0.25, 0.3) is 0 Å². The van der Waals surface area contributed by atoms with Gasteiger partial charge in [-0.05, 0) is 18.2 Å². The summed E-state index contributed by atoms with van der Waals surface area (Å²) in [5, 5.41) is 10.1. The van der Waals surface area contributed by atoms with Crippen molar-refractivity contribution in [1.82, 2.24) is 10.2 Å². The number of nitrogens with one attached hydrogen (secondary N) is 1. The molecule has 2 rings (SSSR count). The van der Waals surface area contributed by atoms with Gasteiger partial charge in [0.1, 0.15) is 11.7 Å². The van der Waals surface area contributed by atoms with Crippen LogP contribution in [-0.2, 0) is 5.88 Å². The molecule has 1 heterocycles. The maximum atomic E-state index is 12.8. The van der Waals surface area contributed by atoms with Gasteiger partial charge in [0.25, 0.3) is 0 Å². The first-order valence-corrected chi connectivity index (χ1v) is 4.72. The van der Waals surface area contributed by atoms with Crippen LogP contribution < -0.4 is 5.32 Å². The fraction of sp³-hybridized carbons (Fsp3) is 0.111. The second-order valence-corrected chi connectivity index (χ2v) is 3.04. The van der Waals surface area contributed by atoms with E-state index in [-0.39, 0.29) is 17.7 Å². The third-order valence-electron chi connectivity index (χ3n) is 1.66. The summed E-state index contributed by atoms with van der Waals surface area (Å²) >= 11 is 5.48. The molecule has 1 aromatic heterocycles. The Labute approximate surface area is 90.1 Å². The van der Waals surface area contributed by atoms with Crippen LogP contribution >= 0.6 is 11.6 Å². The van der Waals surface area contributed by atoms with Gasteiger partial charge in [0.05, 0.1) is 0 Å². The minimum Gasteiger partial charge on any atom is -0.407 e. The third-order valence-corrected chi connectivity index (χ3v) is 1.89. The molecule has 2 aromatic rings. The van der Waals surface area contributed by atoms with Crippen molar-refractivity contribution in [3.8, 4) is 0 Å². The highest BCUT2D eigenvalue weighted by molar-refractivity contribution is 6.16. The highest BCUT2D eigenvalue weighted by atomic mass is 35.5. The molecule has 0 saturated heterocycles. The lowest BCUT2D eigenvalue weighted by Gasteiger charge is -1.99. The molecule has 0 bridgehead atoms. The van der Waals surface area contributed by atoms with E-state index in [2.05, 4.69) is 15.5 Å². The van der Waals surface area contributed by atoms with Crippen LogP contribution in [0.5, 0.6) is 0 Å². The van der Waals surface area contributed by atoms with Crippen molar-refractivity contribution in [3.05, 3.63) is 36.0 Å². The van der Waals surface area contributed by atoms with Crippen LogP contribution in [0.3, 0.4) is 0 Å². The maximum absolute atomic E-state index is 12.8. The second-order valence-electron chi connectivity index (χ2n) is 2.77. The van der Waals surface area contributed by atoms with Crippen LogP contribution in [0.1, 0.15) is 5.89 Å². The van der Waals surface area contributed by atoms with Gasteiger partial charge in [-0.25, -0.2) is 4.39 Å². The standard InChI is InChI=1S/C9H7ClFN3O/c10-5-8-13-14-9(15-8)12-7-3-1-2-6(11)4-7/h1-4H,5H2,(H,12,14). The maximum Gasteiger partial charge on any atom is 0.320 e. The summed E-state index contributed by atoms with van der Waals surface area (Å²) in [5.41, 5.74) is 0.541. The first-order chi connectivity index (χ1) is 7.28. The van der Waals surface area contributed by atoms with E-state index < -0.39 is 0 Å². The molecule has 0 aliphatic carbocycles. The van der Waals surface area contributed by atoms with Crippen molar-refractivity contribution < 1.29 is 8.81 Å². The lowest BCUT2D eigenvalue weighted by molar-refractivity contribution is 0.530. The van der Waals surface area contributed by atoms with Gasteiger partial charge in [-0.3, -0.25) is 0 Å². The van der Waals surface area contributed by atoms with Gasteiger partial charge < -0.3 is 9.73 Å². The molecule has 1 N–H and O–H groups in total. The predicted molar refractivity (Wildman–Crippen MR) is 53.5 cm³/mol. The lowest BCUT2D eigenvalue weighted by atomic mass is 10.3. The monoisotopic (exact) mass is 227 g/mol. The Hall–Kier alpha value is -1.62. The number of alkyl halides is 1. The van der Waals surface area contributed by atoms with E-state index in [1.807, 2.05) is 0 Å². The topological polar surface area (TPSA) is 51.0 Å². The zero-order valence-electron chi connectivity index (χ0n) is 7.58. The van der Waals surface area contributed by atoms with Gasteiger partial charge >= 0.3 is 6.01 Å². The number of rotatable bonds is 3. The van der Waals surface area contributed by atoms with E-state index in [0.29, 0.717) is 11.6 Å². The Morgan fingerprint density at radius 3 is 2.93 bits per heavy atom. The number of aromatic nitrogens is 2. The highest BCUT2D eigenvalue weighted by Gasteiger charge is 2.04. The van der Waals surface area contributed by atoms with Crippen LogP contribution in [-0.4, -0.2) is 10.2 Å². The van der Waals surface area contributed by atoms with Gasteiger partial charge in [0.15, 0.2) is 0 Å². The van der Waals surface area contributed by atoms with Crippen LogP contribution in [0, 0.1) is 5.82 Å². The molecule has 0 radical (unpaired) electrons. The van der Waals surface area contributed by atoms with Crippen molar-refractivity contribution >= 4 is 23.3 Å². The van der Waals surface area contributed by atoms with E-state index in [1.165, 1.54) is 12.1 Å². The smallest absolute Gasteiger partial charge is 0.320 e. The SMILES string of the molecule is Fc1cccc(Nc2nnc(CCl)o2)c1. The molecule has 78 valence electrons. The molecule has 0 unspecified atom stereocenters. The average molecular weight is 228 g/mol. The molecular weight excluding hydrogens is 221 g/mol. The predicted octanol–water partition coefficient (Wildman–Crippen LogP) is 2.69. The zero-order valence-corrected chi connectivity index (χ0v) is 8.33. The lowest BCUT2D eigenvalue weighted by Crippen LogP contribution is -1.90. The van der Waals surface area contributed by atoms with E-state index in [1.54, 1.807) is 12.1 Å². The molecular formula is C9H7ClFN3O.